The SMILES string of the molecule is CCOc1ccc(C(C)=O)cc1CN(Cc1ccccc1)C1CC1. The first-order valence-corrected chi connectivity index (χ1v) is 8.72. The van der Waals surface area contributed by atoms with Crippen LogP contribution in [0.25, 0.3) is 0 Å². The summed E-state index contributed by atoms with van der Waals surface area (Å²) in [4.78, 5) is 14.2. The Morgan fingerprint density at radius 2 is 1.88 bits per heavy atom. The largest absolute Gasteiger partial charge is 0.494 e. The van der Waals surface area contributed by atoms with Gasteiger partial charge in [-0.3, -0.25) is 9.69 Å². The van der Waals surface area contributed by atoms with Crippen LogP contribution >= 0.6 is 0 Å². The molecule has 1 aliphatic carbocycles. The highest BCUT2D eigenvalue weighted by Crippen LogP contribution is 2.32. The Kier molecular flexibility index (Phi) is 5.31. The van der Waals surface area contributed by atoms with E-state index in [4.69, 9.17) is 4.74 Å². The molecule has 2 aromatic rings. The van der Waals surface area contributed by atoms with Crippen LogP contribution < -0.4 is 4.74 Å². The van der Waals surface area contributed by atoms with E-state index in [1.165, 1.54) is 18.4 Å². The zero-order valence-corrected chi connectivity index (χ0v) is 14.5. The fourth-order valence-electron chi connectivity index (χ4n) is 3.01. The van der Waals surface area contributed by atoms with Gasteiger partial charge in [0.1, 0.15) is 5.75 Å². The van der Waals surface area contributed by atoms with Crippen LogP contribution in [0.15, 0.2) is 48.5 Å². The Balaban J connectivity index is 1.83. The van der Waals surface area contributed by atoms with Crippen LogP contribution in [-0.4, -0.2) is 23.3 Å². The molecule has 0 aromatic heterocycles. The highest BCUT2D eigenvalue weighted by molar-refractivity contribution is 5.94. The van der Waals surface area contributed by atoms with Crippen molar-refractivity contribution in [2.45, 2.75) is 45.8 Å². The minimum absolute atomic E-state index is 0.0975. The topological polar surface area (TPSA) is 29.5 Å². The van der Waals surface area contributed by atoms with Crippen molar-refractivity contribution in [3.63, 3.8) is 0 Å². The molecule has 0 unspecified atom stereocenters. The van der Waals surface area contributed by atoms with Crippen LogP contribution in [0.2, 0.25) is 0 Å². The van der Waals surface area contributed by atoms with E-state index in [2.05, 4.69) is 35.2 Å². The van der Waals surface area contributed by atoms with Crippen LogP contribution in [0.4, 0.5) is 0 Å². The molecule has 0 heterocycles. The molecule has 0 amide bonds. The minimum Gasteiger partial charge on any atom is -0.494 e. The maximum atomic E-state index is 11.7. The number of carbonyl (C=O) groups excluding carboxylic acids is 1. The fraction of sp³-hybridized carbons (Fsp3) is 0.381. The molecule has 3 nitrogen and oxygen atoms in total. The van der Waals surface area contributed by atoms with E-state index >= 15 is 0 Å². The van der Waals surface area contributed by atoms with Crippen LogP contribution in [0.1, 0.15) is 48.2 Å². The Morgan fingerprint density at radius 1 is 1.12 bits per heavy atom. The summed E-state index contributed by atoms with van der Waals surface area (Å²) >= 11 is 0. The Morgan fingerprint density at radius 3 is 2.50 bits per heavy atom. The normalized spacial score (nSPS) is 14.0. The smallest absolute Gasteiger partial charge is 0.159 e. The summed E-state index contributed by atoms with van der Waals surface area (Å²) in [6.07, 6.45) is 2.51. The van der Waals surface area contributed by atoms with Crippen molar-refractivity contribution in [2.75, 3.05) is 6.61 Å². The number of ether oxygens (including phenoxy) is 1. The summed E-state index contributed by atoms with van der Waals surface area (Å²) in [7, 11) is 0. The van der Waals surface area contributed by atoms with Gasteiger partial charge in [-0.1, -0.05) is 30.3 Å². The highest BCUT2D eigenvalue weighted by atomic mass is 16.5. The molecule has 0 aliphatic heterocycles. The maximum Gasteiger partial charge on any atom is 0.159 e. The van der Waals surface area contributed by atoms with Gasteiger partial charge >= 0.3 is 0 Å². The maximum absolute atomic E-state index is 11.7. The number of nitrogens with zero attached hydrogens (tertiary/aromatic N) is 1. The third-order valence-corrected chi connectivity index (χ3v) is 4.43. The molecule has 3 rings (SSSR count). The average molecular weight is 323 g/mol. The summed E-state index contributed by atoms with van der Waals surface area (Å²) in [5.74, 6) is 0.988. The first-order valence-electron chi connectivity index (χ1n) is 8.72. The van der Waals surface area contributed by atoms with E-state index in [0.717, 1.165) is 30.0 Å². The molecule has 1 fully saturated rings. The van der Waals surface area contributed by atoms with Gasteiger partial charge in [0.05, 0.1) is 6.61 Å². The van der Waals surface area contributed by atoms with Crippen LogP contribution in [0, 0.1) is 0 Å². The molecular weight excluding hydrogens is 298 g/mol. The van der Waals surface area contributed by atoms with Gasteiger partial charge in [-0.25, -0.2) is 0 Å². The molecule has 1 aliphatic rings. The van der Waals surface area contributed by atoms with E-state index < -0.39 is 0 Å². The van der Waals surface area contributed by atoms with E-state index in [1.807, 2.05) is 25.1 Å². The molecule has 2 aromatic carbocycles. The fourth-order valence-corrected chi connectivity index (χ4v) is 3.01. The lowest BCUT2D eigenvalue weighted by atomic mass is 10.1. The van der Waals surface area contributed by atoms with Crippen molar-refractivity contribution >= 4 is 5.78 Å². The van der Waals surface area contributed by atoms with Crippen molar-refractivity contribution in [2.24, 2.45) is 0 Å². The quantitative estimate of drug-likeness (QED) is 0.672. The van der Waals surface area contributed by atoms with Crippen LogP contribution in [0.3, 0.4) is 0 Å². The van der Waals surface area contributed by atoms with Gasteiger partial charge in [-0.05, 0) is 50.5 Å². The molecule has 0 radical (unpaired) electrons. The molecule has 24 heavy (non-hydrogen) atoms. The van der Waals surface area contributed by atoms with Gasteiger partial charge in [0.2, 0.25) is 0 Å². The van der Waals surface area contributed by atoms with Gasteiger partial charge in [-0.2, -0.15) is 0 Å². The molecule has 126 valence electrons. The first-order chi connectivity index (χ1) is 11.7. The summed E-state index contributed by atoms with van der Waals surface area (Å²) < 4.78 is 5.79. The summed E-state index contributed by atoms with van der Waals surface area (Å²) in [5.41, 5.74) is 3.18. The minimum atomic E-state index is 0.0975. The Hall–Kier alpha value is -2.13. The van der Waals surface area contributed by atoms with Crippen LogP contribution in [-0.2, 0) is 13.1 Å². The lowest BCUT2D eigenvalue weighted by Gasteiger charge is -2.24. The molecule has 1 saturated carbocycles. The lowest BCUT2D eigenvalue weighted by Crippen LogP contribution is -2.25. The van der Waals surface area contributed by atoms with Crippen molar-refractivity contribution in [3.8, 4) is 5.75 Å². The van der Waals surface area contributed by atoms with Gasteiger partial charge < -0.3 is 4.74 Å². The third kappa shape index (κ3) is 4.24. The summed E-state index contributed by atoms with van der Waals surface area (Å²) in [6, 6.07) is 17.0. The summed E-state index contributed by atoms with van der Waals surface area (Å²) in [6.45, 7) is 5.99. The number of ketones is 1. The number of benzene rings is 2. The number of Topliss-reactive ketones (excluding diaryl/α,β-unsaturated/α-hetero) is 1. The van der Waals surface area contributed by atoms with Crippen molar-refractivity contribution in [1.82, 2.24) is 4.90 Å². The molecule has 0 saturated heterocycles. The van der Waals surface area contributed by atoms with Gasteiger partial charge in [0.25, 0.3) is 0 Å². The number of hydrogen-bond acceptors (Lipinski definition) is 3. The number of carbonyl (C=O) groups is 1. The molecule has 0 bridgehead atoms. The summed E-state index contributed by atoms with van der Waals surface area (Å²) in [5, 5.41) is 0. The molecule has 3 heteroatoms. The van der Waals surface area contributed by atoms with Gasteiger partial charge in [0.15, 0.2) is 5.78 Å². The van der Waals surface area contributed by atoms with Crippen molar-refractivity contribution in [3.05, 3.63) is 65.2 Å². The molecule has 0 N–H and O–H groups in total. The number of rotatable bonds is 8. The predicted octanol–water partition coefficient (Wildman–Crippen LogP) is 4.45. The second kappa shape index (κ2) is 7.63. The second-order valence-corrected chi connectivity index (χ2v) is 6.43. The van der Waals surface area contributed by atoms with E-state index in [-0.39, 0.29) is 5.78 Å². The van der Waals surface area contributed by atoms with E-state index in [9.17, 15) is 4.79 Å². The molecular formula is C21H25NO2. The first kappa shape index (κ1) is 16.7. The van der Waals surface area contributed by atoms with Crippen molar-refractivity contribution in [1.29, 1.82) is 0 Å². The zero-order valence-electron chi connectivity index (χ0n) is 14.5. The second-order valence-electron chi connectivity index (χ2n) is 6.43. The van der Waals surface area contributed by atoms with Gasteiger partial charge in [-0.15, -0.1) is 0 Å². The monoisotopic (exact) mass is 323 g/mol. The predicted molar refractivity (Wildman–Crippen MR) is 96.3 cm³/mol. The van der Waals surface area contributed by atoms with Gasteiger partial charge in [0, 0.05) is 30.3 Å². The van der Waals surface area contributed by atoms with Crippen LogP contribution in [0.5, 0.6) is 5.75 Å². The molecule has 0 atom stereocenters. The Labute approximate surface area is 144 Å². The Bertz CT molecular complexity index is 692. The standard InChI is InChI=1S/C21H25NO2/c1-3-24-21-12-9-18(16(2)23)13-19(21)15-22(20-10-11-20)14-17-7-5-4-6-8-17/h4-9,12-13,20H,3,10-11,14-15H2,1-2H3. The lowest BCUT2D eigenvalue weighted by molar-refractivity contribution is 0.101. The molecule has 0 spiro atoms. The highest BCUT2D eigenvalue weighted by Gasteiger charge is 2.29. The van der Waals surface area contributed by atoms with E-state index in [1.54, 1.807) is 6.92 Å². The number of hydrogen-bond donors (Lipinski definition) is 0. The van der Waals surface area contributed by atoms with Crippen molar-refractivity contribution < 1.29 is 9.53 Å². The third-order valence-electron chi connectivity index (χ3n) is 4.43. The zero-order chi connectivity index (χ0) is 16.9. The van der Waals surface area contributed by atoms with E-state index in [0.29, 0.717) is 12.6 Å². The average Bonchev–Trinajstić information content (AvgIpc) is 3.41.